The highest BCUT2D eigenvalue weighted by Crippen LogP contribution is 2.46. The summed E-state index contributed by atoms with van der Waals surface area (Å²) in [6, 6.07) is 8.02. The number of hydrogen-bond donors (Lipinski definition) is 2. The van der Waals surface area contributed by atoms with E-state index in [1.807, 2.05) is 25.1 Å². The van der Waals surface area contributed by atoms with Crippen LogP contribution in [0.25, 0.3) is 0 Å². The van der Waals surface area contributed by atoms with Crippen LogP contribution in [0.3, 0.4) is 0 Å². The van der Waals surface area contributed by atoms with Gasteiger partial charge in [0, 0.05) is 36.2 Å². The molecule has 2 N–H and O–H groups in total. The Morgan fingerprint density at radius 1 is 1.14 bits per heavy atom. The van der Waals surface area contributed by atoms with Gasteiger partial charge in [0.1, 0.15) is 23.4 Å². The SMILES string of the molecule is Cc1ccc(CN2CC3(CC(Oc4cccnc4)CS3)C2)o1.O=C(O)C(F)(F)F.O=C(O)C(F)(F)F. The lowest BCUT2D eigenvalue weighted by Gasteiger charge is -2.47. The molecule has 0 amide bonds. The molecule has 2 aromatic rings. The van der Waals surface area contributed by atoms with Gasteiger partial charge in [0.2, 0.25) is 0 Å². The van der Waals surface area contributed by atoms with Gasteiger partial charge in [0.15, 0.2) is 0 Å². The van der Waals surface area contributed by atoms with Gasteiger partial charge in [-0.25, -0.2) is 9.59 Å². The van der Waals surface area contributed by atoms with E-state index in [0.717, 1.165) is 49.1 Å². The highest BCUT2D eigenvalue weighted by molar-refractivity contribution is 8.01. The standard InChI is InChI=1S/C17H20N2O2S.2C2HF3O2/c1-13-4-5-15(20-13)9-19-11-17(12-19)7-16(10-22-17)21-14-3-2-6-18-8-14;2*3-2(4,5)1(6)7/h2-6,8,16H,7,9-12H2,1H3;2*(H,6,7). The number of aromatic nitrogens is 1. The van der Waals surface area contributed by atoms with Crippen molar-refractivity contribution >= 4 is 23.7 Å². The number of pyridine rings is 1. The maximum absolute atomic E-state index is 10.6. The van der Waals surface area contributed by atoms with Crippen molar-refractivity contribution in [3.63, 3.8) is 0 Å². The number of ether oxygens (including phenoxy) is 1. The van der Waals surface area contributed by atoms with Crippen molar-refractivity contribution in [2.45, 2.75) is 43.1 Å². The number of carboxylic acids is 2. The van der Waals surface area contributed by atoms with Crippen LogP contribution in [0, 0.1) is 6.92 Å². The lowest BCUT2D eigenvalue weighted by Crippen LogP contribution is -2.58. The first kappa shape index (κ1) is 29.3. The first-order valence-corrected chi connectivity index (χ1v) is 11.2. The van der Waals surface area contributed by atoms with Crippen LogP contribution < -0.4 is 4.74 Å². The molecule has 1 atom stereocenters. The summed E-state index contributed by atoms with van der Waals surface area (Å²) in [6.45, 7) is 5.17. The molecule has 8 nitrogen and oxygen atoms in total. The van der Waals surface area contributed by atoms with Crippen LogP contribution in [-0.4, -0.2) is 74.1 Å². The molecule has 2 saturated heterocycles. The van der Waals surface area contributed by atoms with E-state index in [4.69, 9.17) is 29.0 Å². The number of halogens is 6. The summed E-state index contributed by atoms with van der Waals surface area (Å²) in [6.07, 6.45) is -5.16. The molecule has 36 heavy (non-hydrogen) atoms. The van der Waals surface area contributed by atoms with Crippen LogP contribution in [-0.2, 0) is 16.1 Å². The summed E-state index contributed by atoms with van der Waals surface area (Å²) >= 11 is 2.06. The molecular weight excluding hydrogens is 522 g/mol. The maximum Gasteiger partial charge on any atom is 0.490 e. The number of carbonyl (C=O) groups is 2. The fraction of sp³-hybridized carbons (Fsp3) is 0.476. The summed E-state index contributed by atoms with van der Waals surface area (Å²) < 4.78 is 75.6. The molecule has 4 rings (SSSR count). The molecule has 1 unspecified atom stereocenters. The van der Waals surface area contributed by atoms with Gasteiger partial charge in [-0.1, -0.05) is 0 Å². The predicted octanol–water partition coefficient (Wildman–Crippen LogP) is 4.39. The van der Waals surface area contributed by atoms with Crippen LogP contribution in [0.2, 0.25) is 0 Å². The third-order valence-electron chi connectivity index (χ3n) is 4.80. The number of thioether (sulfide) groups is 1. The van der Waals surface area contributed by atoms with Gasteiger partial charge >= 0.3 is 24.3 Å². The molecule has 1 spiro atoms. The van der Waals surface area contributed by atoms with Gasteiger partial charge < -0.3 is 19.4 Å². The van der Waals surface area contributed by atoms with Crippen LogP contribution >= 0.6 is 11.8 Å². The molecule has 0 radical (unpaired) electrons. The molecule has 200 valence electrons. The second-order valence-electron chi connectivity index (χ2n) is 7.89. The Bertz CT molecular complexity index is 984. The monoisotopic (exact) mass is 544 g/mol. The zero-order valence-electron chi connectivity index (χ0n) is 18.7. The second kappa shape index (κ2) is 11.9. The van der Waals surface area contributed by atoms with Gasteiger partial charge in [-0.05, 0) is 31.2 Å². The number of rotatable bonds is 4. The van der Waals surface area contributed by atoms with Crippen molar-refractivity contribution in [3.8, 4) is 5.75 Å². The maximum atomic E-state index is 10.6. The first-order valence-electron chi connectivity index (χ1n) is 10.2. The molecule has 4 heterocycles. The Hall–Kier alpha value is -2.94. The number of hydrogen-bond acceptors (Lipinski definition) is 7. The molecule has 0 saturated carbocycles. The molecule has 2 aliphatic rings. The number of aliphatic carboxylic acids is 2. The van der Waals surface area contributed by atoms with E-state index in [-0.39, 0.29) is 0 Å². The number of alkyl halides is 6. The Labute approximate surface area is 205 Å². The Morgan fingerprint density at radius 2 is 1.72 bits per heavy atom. The highest BCUT2D eigenvalue weighted by atomic mass is 32.2. The van der Waals surface area contributed by atoms with E-state index in [2.05, 4.69) is 27.7 Å². The number of likely N-dealkylation sites (tertiary alicyclic amines) is 1. The van der Waals surface area contributed by atoms with E-state index in [1.165, 1.54) is 0 Å². The number of furan rings is 1. The Kier molecular flexibility index (Phi) is 9.65. The lowest BCUT2D eigenvalue weighted by molar-refractivity contribution is -0.193. The smallest absolute Gasteiger partial charge is 0.488 e. The van der Waals surface area contributed by atoms with Crippen molar-refractivity contribution < 1.29 is 55.3 Å². The molecule has 2 aliphatic heterocycles. The van der Waals surface area contributed by atoms with Gasteiger partial charge in [-0.2, -0.15) is 26.3 Å². The summed E-state index contributed by atoms with van der Waals surface area (Å²) in [4.78, 5) is 24.4. The summed E-state index contributed by atoms with van der Waals surface area (Å²) in [5.41, 5.74) is 0. The number of nitrogens with zero attached hydrogens (tertiary/aromatic N) is 2. The molecule has 15 heteroatoms. The topological polar surface area (TPSA) is 113 Å². The Balaban J connectivity index is 0.000000271. The summed E-state index contributed by atoms with van der Waals surface area (Å²) in [5, 5.41) is 14.2. The average molecular weight is 544 g/mol. The van der Waals surface area contributed by atoms with Crippen molar-refractivity contribution in [3.05, 3.63) is 48.2 Å². The second-order valence-corrected chi connectivity index (χ2v) is 9.38. The Morgan fingerprint density at radius 3 is 2.17 bits per heavy atom. The van der Waals surface area contributed by atoms with Crippen molar-refractivity contribution in [1.29, 1.82) is 0 Å². The van der Waals surface area contributed by atoms with Gasteiger partial charge in [0.05, 0.1) is 12.7 Å². The van der Waals surface area contributed by atoms with Gasteiger partial charge in [-0.15, -0.1) is 11.8 Å². The molecule has 0 aliphatic carbocycles. The molecular formula is C21H22F6N2O6S. The largest absolute Gasteiger partial charge is 0.490 e. The first-order chi connectivity index (χ1) is 16.6. The third-order valence-corrected chi connectivity index (χ3v) is 6.37. The van der Waals surface area contributed by atoms with E-state index in [0.29, 0.717) is 10.9 Å². The minimum atomic E-state index is -5.08. The van der Waals surface area contributed by atoms with Crippen LogP contribution in [0.1, 0.15) is 17.9 Å². The van der Waals surface area contributed by atoms with Crippen LogP contribution in [0.5, 0.6) is 5.75 Å². The van der Waals surface area contributed by atoms with Crippen molar-refractivity contribution in [2.75, 3.05) is 18.8 Å². The molecule has 2 fully saturated rings. The third kappa shape index (κ3) is 9.26. The zero-order chi connectivity index (χ0) is 27.1. The number of carboxylic acid groups (broad SMARTS) is 2. The highest BCUT2D eigenvalue weighted by Gasteiger charge is 2.49. The minimum absolute atomic E-state index is 0.308. The van der Waals surface area contributed by atoms with E-state index >= 15 is 0 Å². The van der Waals surface area contributed by atoms with Crippen LogP contribution in [0.4, 0.5) is 26.3 Å². The van der Waals surface area contributed by atoms with E-state index in [9.17, 15) is 26.3 Å². The summed E-state index contributed by atoms with van der Waals surface area (Å²) in [7, 11) is 0. The predicted molar refractivity (Wildman–Crippen MR) is 115 cm³/mol. The quantitative estimate of drug-likeness (QED) is 0.541. The molecule has 2 aromatic heterocycles. The van der Waals surface area contributed by atoms with Crippen LogP contribution in [0.15, 0.2) is 41.1 Å². The molecule has 0 aromatic carbocycles. The van der Waals surface area contributed by atoms with E-state index < -0.39 is 24.3 Å². The fourth-order valence-corrected chi connectivity index (χ4v) is 4.96. The van der Waals surface area contributed by atoms with E-state index in [1.54, 1.807) is 12.4 Å². The number of aryl methyl sites for hydroxylation is 1. The molecule has 0 bridgehead atoms. The zero-order valence-corrected chi connectivity index (χ0v) is 19.5. The lowest BCUT2D eigenvalue weighted by atomic mass is 9.93. The fourth-order valence-electron chi connectivity index (χ4n) is 3.38. The summed E-state index contributed by atoms with van der Waals surface area (Å²) in [5.74, 6) is -1.50. The van der Waals surface area contributed by atoms with Gasteiger partial charge in [-0.3, -0.25) is 9.88 Å². The van der Waals surface area contributed by atoms with Crippen molar-refractivity contribution in [1.82, 2.24) is 9.88 Å². The average Bonchev–Trinajstić information content (AvgIpc) is 3.34. The van der Waals surface area contributed by atoms with Crippen molar-refractivity contribution in [2.24, 2.45) is 0 Å². The van der Waals surface area contributed by atoms with Gasteiger partial charge in [0.25, 0.3) is 0 Å². The minimum Gasteiger partial charge on any atom is -0.488 e. The normalized spacial score (nSPS) is 18.8.